The van der Waals surface area contributed by atoms with Crippen LogP contribution in [0.25, 0.3) is 0 Å². The molecule has 0 aromatic carbocycles. The predicted molar refractivity (Wildman–Crippen MR) is 107 cm³/mol. The molecule has 2 bridgehead atoms. The van der Waals surface area contributed by atoms with Gasteiger partial charge in [0.05, 0.1) is 11.1 Å². The number of hydrogen-bond acceptors (Lipinski definition) is 4. The van der Waals surface area contributed by atoms with Crippen LogP contribution < -0.4 is 0 Å². The molecule has 4 atom stereocenters. The monoisotopic (exact) mass is 380 g/mol. The van der Waals surface area contributed by atoms with Gasteiger partial charge in [0, 0.05) is 18.3 Å². The first-order valence-electron chi connectivity index (χ1n) is 10.1. The second-order valence-corrected chi connectivity index (χ2v) is 9.18. The lowest BCUT2D eigenvalue weighted by Gasteiger charge is -2.32. The van der Waals surface area contributed by atoms with Crippen molar-refractivity contribution < 1.29 is 19.1 Å². The Kier molecular flexibility index (Phi) is 4.48. The van der Waals surface area contributed by atoms with Gasteiger partial charge in [-0.1, -0.05) is 43.4 Å². The number of fused-ring (bicyclic) bond motifs is 2. The van der Waals surface area contributed by atoms with Crippen molar-refractivity contribution in [1.29, 1.82) is 0 Å². The van der Waals surface area contributed by atoms with Crippen LogP contribution >= 0.6 is 0 Å². The lowest BCUT2D eigenvalue weighted by Crippen LogP contribution is -2.36. The van der Waals surface area contributed by atoms with Crippen molar-refractivity contribution in [3.8, 4) is 0 Å². The smallest absolute Gasteiger partial charge is 0.335 e. The van der Waals surface area contributed by atoms with E-state index in [1.807, 2.05) is 62.5 Å². The number of ether oxygens (including phenoxy) is 2. The molecule has 28 heavy (non-hydrogen) atoms. The van der Waals surface area contributed by atoms with E-state index in [9.17, 15) is 9.59 Å². The van der Waals surface area contributed by atoms with Gasteiger partial charge in [-0.3, -0.25) is 0 Å². The summed E-state index contributed by atoms with van der Waals surface area (Å²) in [5, 5.41) is 0. The number of allylic oxidation sites excluding steroid dienone is 4. The molecule has 148 valence electrons. The fourth-order valence-electron chi connectivity index (χ4n) is 4.96. The minimum absolute atomic E-state index is 0.0846. The molecule has 1 saturated carbocycles. The van der Waals surface area contributed by atoms with E-state index in [0.717, 1.165) is 19.3 Å². The molecule has 0 aromatic rings. The molecule has 4 aliphatic rings. The molecule has 0 radical (unpaired) electrons. The highest BCUT2D eigenvalue weighted by molar-refractivity contribution is 6.03. The summed E-state index contributed by atoms with van der Waals surface area (Å²) in [6.45, 7) is 5.88. The number of esters is 2. The molecule has 4 aliphatic carbocycles. The van der Waals surface area contributed by atoms with Gasteiger partial charge in [-0.2, -0.15) is 0 Å². The Balaban J connectivity index is 1.62. The average Bonchev–Trinajstić information content (AvgIpc) is 3.15. The molecule has 0 spiro atoms. The summed E-state index contributed by atoms with van der Waals surface area (Å²) in [5.74, 6) is -0.656. The highest BCUT2D eigenvalue weighted by Gasteiger charge is 2.54. The average molecular weight is 380 g/mol. The van der Waals surface area contributed by atoms with Crippen molar-refractivity contribution in [3.05, 3.63) is 59.8 Å². The second-order valence-electron chi connectivity index (χ2n) is 9.18. The Morgan fingerprint density at radius 2 is 1.46 bits per heavy atom. The van der Waals surface area contributed by atoms with E-state index >= 15 is 0 Å². The van der Waals surface area contributed by atoms with Gasteiger partial charge in [0.2, 0.25) is 0 Å². The summed E-state index contributed by atoms with van der Waals surface area (Å²) in [7, 11) is 0. The zero-order valence-electron chi connectivity index (χ0n) is 16.9. The van der Waals surface area contributed by atoms with Crippen LogP contribution in [0.5, 0.6) is 0 Å². The molecule has 0 heterocycles. The van der Waals surface area contributed by atoms with Gasteiger partial charge in [0.1, 0.15) is 11.2 Å². The molecule has 0 amide bonds. The molecule has 4 heteroatoms. The Morgan fingerprint density at radius 3 is 2.00 bits per heavy atom. The maximum absolute atomic E-state index is 13.2. The molecule has 4 unspecified atom stereocenters. The first kappa shape index (κ1) is 19.0. The van der Waals surface area contributed by atoms with Gasteiger partial charge in [-0.05, 0) is 51.2 Å². The third-order valence-corrected chi connectivity index (χ3v) is 6.54. The van der Waals surface area contributed by atoms with E-state index in [2.05, 4.69) is 6.92 Å². The van der Waals surface area contributed by atoms with Gasteiger partial charge in [0.15, 0.2) is 0 Å². The van der Waals surface area contributed by atoms with Crippen LogP contribution in [-0.2, 0) is 19.1 Å². The normalized spacial score (nSPS) is 38.2. The zero-order valence-corrected chi connectivity index (χ0v) is 16.9. The van der Waals surface area contributed by atoms with Crippen LogP contribution in [0.2, 0.25) is 0 Å². The molecule has 1 fully saturated rings. The molecular weight excluding hydrogens is 352 g/mol. The van der Waals surface area contributed by atoms with Crippen molar-refractivity contribution >= 4 is 11.9 Å². The van der Waals surface area contributed by atoms with Crippen molar-refractivity contribution in [3.63, 3.8) is 0 Å². The largest absolute Gasteiger partial charge is 0.451 e. The van der Waals surface area contributed by atoms with E-state index < -0.39 is 11.2 Å². The number of hydrogen-bond donors (Lipinski definition) is 0. The fraction of sp³-hybridized carbons (Fsp3) is 0.500. The third kappa shape index (κ3) is 3.30. The van der Waals surface area contributed by atoms with Crippen LogP contribution in [-0.4, -0.2) is 23.1 Å². The predicted octanol–water partition coefficient (Wildman–Crippen LogP) is 4.74. The minimum Gasteiger partial charge on any atom is -0.451 e. The van der Waals surface area contributed by atoms with Gasteiger partial charge in [-0.15, -0.1) is 0 Å². The topological polar surface area (TPSA) is 52.6 Å². The quantitative estimate of drug-likeness (QED) is 0.661. The van der Waals surface area contributed by atoms with Crippen LogP contribution in [0.1, 0.15) is 52.9 Å². The van der Waals surface area contributed by atoms with Gasteiger partial charge < -0.3 is 9.47 Å². The Hall–Kier alpha value is -2.36. The summed E-state index contributed by atoms with van der Waals surface area (Å²) in [5.41, 5.74) is -0.558. The SMILES string of the molecule is CC1(OC(=O)C2=C(C(=O)OC3(C)C=CC=CC3)C3(C)CCC2C3)C=CC=CC1. The molecular formula is C24H28O4. The summed E-state index contributed by atoms with van der Waals surface area (Å²) in [4.78, 5) is 26.4. The maximum atomic E-state index is 13.2. The van der Waals surface area contributed by atoms with E-state index in [4.69, 9.17) is 9.47 Å². The molecule has 4 rings (SSSR count). The Bertz CT molecular complexity index is 858. The number of carbonyl (C=O) groups is 2. The number of rotatable bonds is 4. The van der Waals surface area contributed by atoms with Crippen molar-refractivity contribution in [2.75, 3.05) is 0 Å². The lowest BCUT2D eigenvalue weighted by atomic mass is 9.80. The third-order valence-electron chi connectivity index (χ3n) is 6.54. The van der Waals surface area contributed by atoms with Crippen LogP contribution in [0.3, 0.4) is 0 Å². The van der Waals surface area contributed by atoms with E-state index in [1.54, 1.807) is 0 Å². The summed E-state index contributed by atoms with van der Waals surface area (Å²) >= 11 is 0. The molecule has 0 N–H and O–H groups in total. The lowest BCUT2D eigenvalue weighted by molar-refractivity contribution is -0.153. The first-order chi connectivity index (χ1) is 13.2. The minimum atomic E-state index is -0.672. The van der Waals surface area contributed by atoms with Crippen LogP contribution in [0.15, 0.2) is 59.8 Å². The standard InChI is InChI=1S/C24H28O4/c1-22-15-10-17(16-22)18(20(25)27-23(2)11-6-4-7-12-23)19(22)21(26)28-24(3)13-8-5-9-14-24/h4-9,11,13,17H,10,12,14-16H2,1-3H3. The van der Waals surface area contributed by atoms with Crippen LogP contribution in [0.4, 0.5) is 0 Å². The first-order valence-corrected chi connectivity index (χ1v) is 10.1. The van der Waals surface area contributed by atoms with Crippen molar-refractivity contribution in [1.82, 2.24) is 0 Å². The van der Waals surface area contributed by atoms with Crippen molar-refractivity contribution in [2.45, 2.75) is 64.1 Å². The van der Waals surface area contributed by atoms with E-state index in [0.29, 0.717) is 24.0 Å². The Morgan fingerprint density at radius 1 is 0.893 bits per heavy atom. The van der Waals surface area contributed by atoms with Crippen LogP contribution in [0, 0.1) is 11.3 Å². The molecule has 4 nitrogen and oxygen atoms in total. The number of carbonyl (C=O) groups excluding carboxylic acids is 2. The summed E-state index contributed by atoms with van der Waals surface area (Å²) in [6, 6.07) is 0. The van der Waals surface area contributed by atoms with E-state index in [-0.39, 0.29) is 23.3 Å². The van der Waals surface area contributed by atoms with Gasteiger partial charge >= 0.3 is 11.9 Å². The molecule has 0 saturated heterocycles. The highest BCUT2D eigenvalue weighted by atomic mass is 16.6. The second kappa shape index (κ2) is 6.61. The summed E-state index contributed by atoms with van der Waals surface area (Å²) in [6.07, 6.45) is 19.4. The summed E-state index contributed by atoms with van der Waals surface area (Å²) < 4.78 is 11.8. The highest BCUT2D eigenvalue weighted by Crippen LogP contribution is 2.58. The maximum Gasteiger partial charge on any atom is 0.335 e. The van der Waals surface area contributed by atoms with Crippen molar-refractivity contribution in [2.24, 2.45) is 11.3 Å². The van der Waals surface area contributed by atoms with Gasteiger partial charge in [-0.25, -0.2) is 9.59 Å². The fourth-order valence-corrected chi connectivity index (χ4v) is 4.96. The molecule has 0 aromatic heterocycles. The Labute approximate surface area is 166 Å². The zero-order chi connectivity index (χ0) is 20.0. The van der Waals surface area contributed by atoms with Gasteiger partial charge in [0.25, 0.3) is 0 Å². The van der Waals surface area contributed by atoms with E-state index in [1.165, 1.54) is 0 Å². The molecule has 0 aliphatic heterocycles.